The quantitative estimate of drug-likeness (QED) is 0.859. The van der Waals surface area contributed by atoms with Gasteiger partial charge in [-0.25, -0.2) is 4.39 Å². The summed E-state index contributed by atoms with van der Waals surface area (Å²) in [5, 5.41) is 8.72. The lowest BCUT2D eigenvalue weighted by molar-refractivity contribution is 0.0970. The zero-order chi connectivity index (χ0) is 15.2. The molecule has 1 aliphatic rings. The predicted octanol–water partition coefficient (Wildman–Crippen LogP) is 3.76. The lowest BCUT2D eigenvalue weighted by atomic mass is 9.82. The summed E-state index contributed by atoms with van der Waals surface area (Å²) in [5.74, 6) is 6.94. The third-order valence-corrected chi connectivity index (χ3v) is 3.83. The van der Waals surface area contributed by atoms with E-state index in [1.807, 2.05) is 0 Å². The highest BCUT2D eigenvalue weighted by molar-refractivity contribution is 5.40. The fourth-order valence-corrected chi connectivity index (χ4v) is 3.04. The van der Waals surface area contributed by atoms with Crippen molar-refractivity contribution in [2.75, 3.05) is 6.61 Å². The smallest absolute Gasteiger partial charge is 0.165 e. The highest BCUT2D eigenvalue weighted by Crippen LogP contribution is 2.32. The summed E-state index contributed by atoms with van der Waals surface area (Å²) in [6, 6.07) is 4.69. The first-order valence-corrected chi connectivity index (χ1v) is 7.64. The van der Waals surface area contributed by atoms with Crippen LogP contribution in [0.3, 0.4) is 0 Å². The number of ether oxygens (including phenoxy) is 1. The number of hydrogen-bond donors (Lipinski definition) is 1. The van der Waals surface area contributed by atoms with Crippen LogP contribution in [0.15, 0.2) is 18.2 Å². The molecule has 0 saturated heterocycles. The van der Waals surface area contributed by atoms with Crippen LogP contribution in [0.1, 0.15) is 45.1 Å². The molecule has 1 aromatic rings. The molecule has 1 fully saturated rings. The number of aliphatic hydroxyl groups excluding tert-OH is 1. The molecule has 114 valence electrons. The number of aliphatic hydroxyl groups is 1. The van der Waals surface area contributed by atoms with Crippen molar-refractivity contribution in [3.8, 4) is 17.6 Å². The summed E-state index contributed by atoms with van der Waals surface area (Å²) in [5.41, 5.74) is 0.719. The van der Waals surface area contributed by atoms with Crippen molar-refractivity contribution < 1.29 is 14.2 Å². The molecule has 1 aliphatic carbocycles. The van der Waals surface area contributed by atoms with E-state index in [0.717, 1.165) is 18.4 Å². The van der Waals surface area contributed by atoms with E-state index in [4.69, 9.17) is 9.84 Å². The Balaban J connectivity index is 2.08. The molecule has 0 radical (unpaired) electrons. The topological polar surface area (TPSA) is 29.5 Å². The van der Waals surface area contributed by atoms with Gasteiger partial charge in [0.2, 0.25) is 0 Å². The van der Waals surface area contributed by atoms with E-state index in [0.29, 0.717) is 18.3 Å². The summed E-state index contributed by atoms with van der Waals surface area (Å²) in [7, 11) is 0. The van der Waals surface area contributed by atoms with Gasteiger partial charge in [-0.15, -0.1) is 0 Å². The first-order chi connectivity index (χ1) is 10.1. The maximum Gasteiger partial charge on any atom is 0.165 e. The molecule has 0 aromatic heterocycles. The second-order valence-corrected chi connectivity index (χ2v) is 6.08. The van der Waals surface area contributed by atoms with E-state index in [9.17, 15) is 4.39 Å². The van der Waals surface area contributed by atoms with Gasteiger partial charge in [0.15, 0.2) is 11.6 Å². The minimum absolute atomic E-state index is 0.0371. The second-order valence-electron chi connectivity index (χ2n) is 6.08. The molecule has 0 bridgehead atoms. The summed E-state index contributed by atoms with van der Waals surface area (Å²) >= 11 is 0. The molecule has 0 aliphatic heterocycles. The number of benzene rings is 1. The molecule has 2 atom stereocenters. The molecule has 1 aromatic carbocycles. The monoisotopic (exact) mass is 290 g/mol. The van der Waals surface area contributed by atoms with E-state index in [2.05, 4.69) is 25.7 Å². The highest BCUT2D eigenvalue weighted by Gasteiger charge is 2.25. The third-order valence-electron chi connectivity index (χ3n) is 3.83. The van der Waals surface area contributed by atoms with Gasteiger partial charge in [0.1, 0.15) is 0 Å². The van der Waals surface area contributed by atoms with Crippen molar-refractivity contribution in [3.05, 3.63) is 29.6 Å². The van der Waals surface area contributed by atoms with Crippen LogP contribution in [0.5, 0.6) is 5.75 Å². The van der Waals surface area contributed by atoms with E-state index >= 15 is 0 Å². The zero-order valence-corrected chi connectivity index (χ0v) is 12.7. The maximum atomic E-state index is 13.9. The molecule has 3 heteroatoms. The Kier molecular flexibility index (Phi) is 5.64. The molecular formula is C18H23FO2. The van der Waals surface area contributed by atoms with Gasteiger partial charge in [-0.3, -0.25) is 0 Å². The van der Waals surface area contributed by atoms with E-state index in [1.54, 1.807) is 12.1 Å². The van der Waals surface area contributed by atoms with Crippen LogP contribution in [-0.4, -0.2) is 17.8 Å². The number of rotatable bonds is 3. The molecule has 2 unspecified atom stereocenters. The molecule has 0 heterocycles. The molecule has 1 N–H and O–H groups in total. The van der Waals surface area contributed by atoms with Crippen LogP contribution in [0.25, 0.3) is 0 Å². The van der Waals surface area contributed by atoms with Gasteiger partial charge in [0, 0.05) is 12.0 Å². The van der Waals surface area contributed by atoms with Gasteiger partial charge in [-0.05, 0) is 49.3 Å². The Hall–Kier alpha value is -1.53. The fraction of sp³-hybridized carbons (Fsp3) is 0.556. The predicted molar refractivity (Wildman–Crippen MR) is 81.6 cm³/mol. The highest BCUT2D eigenvalue weighted by atomic mass is 19.1. The zero-order valence-electron chi connectivity index (χ0n) is 12.7. The van der Waals surface area contributed by atoms with E-state index in [-0.39, 0.29) is 24.3 Å². The van der Waals surface area contributed by atoms with Crippen molar-refractivity contribution in [1.29, 1.82) is 0 Å². The van der Waals surface area contributed by atoms with Crippen LogP contribution in [-0.2, 0) is 0 Å². The number of halogens is 1. The Bertz CT molecular complexity index is 520. The largest absolute Gasteiger partial charge is 0.487 e. The van der Waals surface area contributed by atoms with Gasteiger partial charge in [-0.2, -0.15) is 0 Å². The Morgan fingerprint density at radius 2 is 1.95 bits per heavy atom. The average molecular weight is 290 g/mol. The van der Waals surface area contributed by atoms with E-state index in [1.165, 1.54) is 12.5 Å². The Morgan fingerprint density at radius 1 is 1.24 bits per heavy atom. The van der Waals surface area contributed by atoms with Crippen LogP contribution < -0.4 is 4.74 Å². The molecule has 21 heavy (non-hydrogen) atoms. The van der Waals surface area contributed by atoms with Gasteiger partial charge in [0.05, 0.1) is 12.7 Å². The van der Waals surface area contributed by atoms with Crippen LogP contribution >= 0.6 is 0 Å². The Labute approximate surface area is 126 Å². The maximum absolute atomic E-state index is 13.9. The summed E-state index contributed by atoms with van der Waals surface area (Å²) < 4.78 is 19.8. The SMILES string of the molecule is CC1CC(C)CC(Oc2cc(C#CCCO)ccc2F)C1. The summed E-state index contributed by atoms with van der Waals surface area (Å²) in [6.45, 7) is 4.48. The minimum atomic E-state index is -0.339. The lowest BCUT2D eigenvalue weighted by Gasteiger charge is -2.31. The van der Waals surface area contributed by atoms with Crippen LogP contribution in [0, 0.1) is 29.5 Å². The van der Waals surface area contributed by atoms with Gasteiger partial charge in [0.25, 0.3) is 0 Å². The minimum Gasteiger partial charge on any atom is -0.487 e. The lowest BCUT2D eigenvalue weighted by Crippen LogP contribution is -2.28. The first-order valence-electron chi connectivity index (χ1n) is 7.64. The van der Waals surface area contributed by atoms with E-state index < -0.39 is 0 Å². The summed E-state index contributed by atoms with van der Waals surface area (Å²) in [6.07, 6.45) is 3.67. The van der Waals surface area contributed by atoms with Gasteiger partial charge < -0.3 is 9.84 Å². The Morgan fingerprint density at radius 3 is 2.62 bits per heavy atom. The molecule has 2 nitrogen and oxygen atoms in total. The molecule has 0 spiro atoms. The first kappa shape index (κ1) is 15.9. The van der Waals surface area contributed by atoms with Crippen molar-refractivity contribution in [3.63, 3.8) is 0 Å². The van der Waals surface area contributed by atoms with Crippen LogP contribution in [0.2, 0.25) is 0 Å². The second kappa shape index (κ2) is 7.47. The average Bonchev–Trinajstić information content (AvgIpc) is 2.41. The van der Waals surface area contributed by atoms with Crippen molar-refractivity contribution in [1.82, 2.24) is 0 Å². The molecular weight excluding hydrogens is 267 g/mol. The summed E-state index contributed by atoms with van der Waals surface area (Å²) in [4.78, 5) is 0. The van der Waals surface area contributed by atoms with Crippen molar-refractivity contribution in [2.45, 2.75) is 45.6 Å². The van der Waals surface area contributed by atoms with Gasteiger partial charge in [-0.1, -0.05) is 25.7 Å². The molecule has 0 amide bonds. The van der Waals surface area contributed by atoms with Gasteiger partial charge >= 0.3 is 0 Å². The standard InChI is InChI=1S/C18H23FO2/c1-13-9-14(2)11-16(10-13)21-18-12-15(5-3-4-8-20)6-7-17(18)19/h6-7,12-14,16,20H,4,8-11H2,1-2H3. The fourth-order valence-electron chi connectivity index (χ4n) is 3.04. The normalized spacial score (nSPS) is 25.0. The number of hydrogen-bond acceptors (Lipinski definition) is 2. The molecule has 2 rings (SSSR count). The third kappa shape index (κ3) is 4.75. The van der Waals surface area contributed by atoms with Crippen molar-refractivity contribution >= 4 is 0 Å². The van der Waals surface area contributed by atoms with Crippen molar-refractivity contribution in [2.24, 2.45) is 11.8 Å². The van der Waals surface area contributed by atoms with Crippen LogP contribution in [0.4, 0.5) is 4.39 Å². The molecule has 1 saturated carbocycles.